The average molecular weight is 370 g/mol. The van der Waals surface area contributed by atoms with Crippen LogP contribution in [0.25, 0.3) is 16.3 Å². The number of fused-ring (bicyclic) bond motifs is 1. The maximum absolute atomic E-state index is 12.9. The zero-order valence-corrected chi connectivity index (χ0v) is 15.5. The van der Waals surface area contributed by atoms with E-state index < -0.39 is 6.67 Å². The summed E-state index contributed by atoms with van der Waals surface area (Å²) in [5, 5.41) is 6.55. The lowest BCUT2D eigenvalue weighted by atomic mass is 10.3. The van der Waals surface area contributed by atoms with Crippen molar-refractivity contribution >= 4 is 17.1 Å². The number of alkyl halides is 1. The molecule has 0 saturated heterocycles. The van der Waals surface area contributed by atoms with Crippen LogP contribution in [0.5, 0.6) is 0 Å². The number of aryl methyl sites for hydroxylation is 5. The molecular formula is C18H19FN6S. The predicted octanol–water partition coefficient (Wildman–Crippen LogP) is 3.42. The number of imidazole rings is 1. The van der Waals surface area contributed by atoms with Crippen LogP contribution in [-0.4, -0.2) is 35.8 Å². The minimum atomic E-state index is -0.414. The number of thiophene rings is 1. The van der Waals surface area contributed by atoms with E-state index in [9.17, 15) is 4.39 Å². The van der Waals surface area contributed by atoms with E-state index in [1.54, 1.807) is 15.9 Å². The Balaban J connectivity index is 1.58. The Kier molecular flexibility index (Phi) is 4.50. The summed E-state index contributed by atoms with van der Waals surface area (Å²) in [5.41, 5.74) is 2.82. The molecule has 0 aliphatic heterocycles. The minimum absolute atomic E-state index is 0.312. The largest absolute Gasteiger partial charge is 0.332 e. The van der Waals surface area contributed by atoms with Crippen molar-refractivity contribution < 1.29 is 4.39 Å². The Hall–Kier alpha value is -2.61. The van der Waals surface area contributed by atoms with Gasteiger partial charge in [-0.15, -0.1) is 16.4 Å². The highest BCUT2D eigenvalue weighted by Gasteiger charge is 2.13. The van der Waals surface area contributed by atoms with E-state index >= 15 is 0 Å². The van der Waals surface area contributed by atoms with Crippen molar-refractivity contribution in [2.75, 3.05) is 6.67 Å². The number of hydrogen-bond donors (Lipinski definition) is 0. The molecule has 0 spiro atoms. The minimum Gasteiger partial charge on any atom is -0.332 e. The van der Waals surface area contributed by atoms with E-state index in [0.29, 0.717) is 25.2 Å². The van der Waals surface area contributed by atoms with E-state index in [1.165, 1.54) is 0 Å². The Labute approximate surface area is 154 Å². The van der Waals surface area contributed by atoms with Crippen LogP contribution in [0, 0.1) is 13.8 Å². The maximum Gasteiger partial charge on any atom is 0.252 e. The zero-order valence-electron chi connectivity index (χ0n) is 14.7. The monoisotopic (exact) mass is 370 g/mol. The molecule has 0 fully saturated rings. The number of aromatic nitrogens is 6. The van der Waals surface area contributed by atoms with Gasteiger partial charge in [0, 0.05) is 30.4 Å². The predicted molar refractivity (Wildman–Crippen MR) is 99.2 cm³/mol. The van der Waals surface area contributed by atoms with Crippen LogP contribution >= 0.6 is 11.3 Å². The first-order chi connectivity index (χ1) is 12.6. The Bertz CT molecular complexity index is 1030. The first kappa shape index (κ1) is 16.8. The van der Waals surface area contributed by atoms with Gasteiger partial charge in [0.05, 0.1) is 17.1 Å². The summed E-state index contributed by atoms with van der Waals surface area (Å²) in [6.45, 7) is 3.83. The van der Waals surface area contributed by atoms with Crippen molar-refractivity contribution in [3.8, 4) is 10.6 Å². The van der Waals surface area contributed by atoms with Crippen LogP contribution in [0.3, 0.4) is 0 Å². The molecule has 0 bridgehead atoms. The second-order valence-electron chi connectivity index (χ2n) is 6.18. The van der Waals surface area contributed by atoms with E-state index in [4.69, 9.17) is 4.98 Å². The highest BCUT2D eigenvalue weighted by atomic mass is 32.1. The van der Waals surface area contributed by atoms with Crippen LogP contribution in [0.15, 0.2) is 29.8 Å². The van der Waals surface area contributed by atoms with E-state index in [2.05, 4.69) is 15.1 Å². The molecule has 0 atom stereocenters. The zero-order chi connectivity index (χ0) is 18.1. The van der Waals surface area contributed by atoms with Gasteiger partial charge in [-0.2, -0.15) is 4.98 Å². The van der Waals surface area contributed by atoms with Crippen LogP contribution in [-0.2, 0) is 19.4 Å². The lowest BCUT2D eigenvalue weighted by Gasteiger charge is -2.03. The van der Waals surface area contributed by atoms with Gasteiger partial charge in [0.1, 0.15) is 12.5 Å². The summed E-state index contributed by atoms with van der Waals surface area (Å²) in [5.74, 6) is 2.19. The van der Waals surface area contributed by atoms with Gasteiger partial charge in [-0.3, -0.25) is 0 Å². The molecule has 4 aromatic heterocycles. The standard InChI is InChI=1S/C18H19FN6S/c1-12-10-13(2)25-18(20-12)22-16(23-25)5-6-17-21-14(11-24(17)8-7-19)15-4-3-9-26-15/h3-4,9-11H,5-8H2,1-2H3. The fourth-order valence-corrected chi connectivity index (χ4v) is 3.70. The van der Waals surface area contributed by atoms with Crippen molar-refractivity contribution in [3.63, 3.8) is 0 Å². The normalized spacial score (nSPS) is 11.5. The van der Waals surface area contributed by atoms with Crippen molar-refractivity contribution in [1.82, 2.24) is 29.1 Å². The molecule has 8 heteroatoms. The fraction of sp³-hybridized carbons (Fsp3) is 0.333. The molecule has 4 rings (SSSR count). The molecule has 0 unspecified atom stereocenters. The van der Waals surface area contributed by atoms with E-state index in [-0.39, 0.29) is 0 Å². The van der Waals surface area contributed by atoms with E-state index in [1.807, 2.05) is 48.2 Å². The highest BCUT2D eigenvalue weighted by Crippen LogP contribution is 2.24. The molecule has 0 radical (unpaired) electrons. The second-order valence-corrected chi connectivity index (χ2v) is 7.13. The molecule has 26 heavy (non-hydrogen) atoms. The first-order valence-corrected chi connectivity index (χ1v) is 9.38. The van der Waals surface area contributed by atoms with Crippen molar-refractivity contribution in [2.45, 2.75) is 33.2 Å². The maximum atomic E-state index is 12.9. The van der Waals surface area contributed by atoms with Gasteiger partial charge in [0.15, 0.2) is 5.82 Å². The third-order valence-electron chi connectivity index (χ3n) is 4.19. The molecule has 0 amide bonds. The van der Waals surface area contributed by atoms with Crippen molar-refractivity contribution in [1.29, 1.82) is 0 Å². The van der Waals surface area contributed by atoms with Gasteiger partial charge in [0.25, 0.3) is 5.78 Å². The van der Waals surface area contributed by atoms with Crippen LogP contribution in [0.4, 0.5) is 4.39 Å². The molecule has 134 valence electrons. The van der Waals surface area contributed by atoms with Crippen LogP contribution in [0.1, 0.15) is 23.0 Å². The summed E-state index contributed by atoms with van der Waals surface area (Å²) in [7, 11) is 0. The third kappa shape index (κ3) is 3.24. The summed E-state index contributed by atoms with van der Waals surface area (Å²) >= 11 is 1.63. The molecule has 0 saturated carbocycles. The van der Waals surface area contributed by atoms with Crippen molar-refractivity contribution in [3.05, 3.63) is 52.8 Å². The smallest absolute Gasteiger partial charge is 0.252 e. The quantitative estimate of drug-likeness (QED) is 0.522. The van der Waals surface area contributed by atoms with Crippen LogP contribution < -0.4 is 0 Å². The second kappa shape index (κ2) is 6.95. The molecule has 4 aromatic rings. The van der Waals surface area contributed by atoms with Gasteiger partial charge in [-0.25, -0.2) is 18.9 Å². The number of halogens is 1. The molecular weight excluding hydrogens is 351 g/mol. The summed E-state index contributed by atoms with van der Waals surface area (Å²) in [6, 6.07) is 6.00. The highest BCUT2D eigenvalue weighted by molar-refractivity contribution is 7.13. The van der Waals surface area contributed by atoms with Gasteiger partial charge in [-0.05, 0) is 31.4 Å². The van der Waals surface area contributed by atoms with Gasteiger partial charge in [0.2, 0.25) is 0 Å². The van der Waals surface area contributed by atoms with E-state index in [0.717, 1.165) is 33.6 Å². The van der Waals surface area contributed by atoms with Gasteiger partial charge in [-0.1, -0.05) is 6.07 Å². The van der Waals surface area contributed by atoms with Crippen molar-refractivity contribution in [2.24, 2.45) is 0 Å². The lowest BCUT2D eigenvalue weighted by molar-refractivity contribution is 0.439. The topological polar surface area (TPSA) is 60.9 Å². The molecule has 0 aliphatic rings. The Morgan fingerprint density at radius 2 is 2.04 bits per heavy atom. The number of hydrogen-bond acceptors (Lipinski definition) is 5. The van der Waals surface area contributed by atoms with Gasteiger partial charge < -0.3 is 4.57 Å². The number of nitrogens with zero attached hydrogens (tertiary/aromatic N) is 6. The first-order valence-electron chi connectivity index (χ1n) is 8.50. The number of rotatable bonds is 6. The molecule has 0 N–H and O–H groups in total. The Morgan fingerprint density at radius 3 is 2.81 bits per heavy atom. The fourth-order valence-electron chi connectivity index (χ4n) is 3.02. The molecule has 0 aromatic carbocycles. The molecule has 4 heterocycles. The molecule has 6 nitrogen and oxygen atoms in total. The SMILES string of the molecule is Cc1cc(C)n2nc(CCc3nc(-c4cccs4)cn3CCF)nc2n1. The van der Waals surface area contributed by atoms with Gasteiger partial charge >= 0.3 is 0 Å². The summed E-state index contributed by atoms with van der Waals surface area (Å²) in [6.07, 6.45) is 3.21. The van der Waals surface area contributed by atoms with Crippen LogP contribution in [0.2, 0.25) is 0 Å². The average Bonchev–Trinajstić information content (AvgIpc) is 3.32. The summed E-state index contributed by atoms with van der Waals surface area (Å²) < 4.78 is 16.6. The Morgan fingerprint density at radius 1 is 1.15 bits per heavy atom. The lowest BCUT2D eigenvalue weighted by Crippen LogP contribution is -2.06. The molecule has 0 aliphatic carbocycles. The summed E-state index contributed by atoms with van der Waals surface area (Å²) in [4.78, 5) is 14.7. The third-order valence-corrected chi connectivity index (χ3v) is 5.08.